The topological polar surface area (TPSA) is 113 Å². The molecule has 2 aromatic rings. The summed E-state index contributed by atoms with van der Waals surface area (Å²) in [5, 5.41) is 3.26. The first-order chi connectivity index (χ1) is 17.4. The zero-order valence-corrected chi connectivity index (χ0v) is 20.3. The summed E-state index contributed by atoms with van der Waals surface area (Å²) in [5.74, 6) is -2.38. The number of allylic oxidation sites excluding steroid dienone is 3. The van der Waals surface area contributed by atoms with Crippen molar-refractivity contribution in [3.05, 3.63) is 70.5 Å². The van der Waals surface area contributed by atoms with Crippen LogP contribution >= 0.6 is 0 Å². The van der Waals surface area contributed by atoms with Gasteiger partial charge in [-0.25, -0.2) is 4.79 Å². The fraction of sp³-hybridized carbons (Fsp3) is 0.370. The van der Waals surface area contributed by atoms with Crippen LogP contribution in [0.2, 0.25) is 0 Å². The number of fused-ring (bicyclic) bond motifs is 1. The Morgan fingerprint density at radius 2 is 1.86 bits per heavy atom. The maximum absolute atomic E-state index is 14.2. The van der Waals surface area contributed by atoms with Crippen LogP contribution < -0.4 is 14.8 Å². The Kier molecular flexibility index (Phi) is 6.30. The number of Topliss-reactive ketones (excluding diaryl/α,β-unsaturated/α-hetero) is 1. The van der Waals surface area contributed by atoms with E-state index < -0.39 is 35.5 Å². The van der Waals surface area contributed by atoms with Crippen LogP contribution in [-0.2, 0) is 23.9 Å². The minimum Gasteiger partial charge on any atom is -0.469 e. The second kappa shape index (κ2) is 9.56. The number of nitrogens with one attached hydrogen (secondary N) is 1. The average molecular weight is 494 g/mol. The summed E-state index contributed by atoms with van der Waals surface area (Å²) < 4.78 is 27.3. The van der Waals surface area contributed by atoms with E-state index in [1.54, 1.807) is 51.1 Å². The van der Waals surface area contributed by atoms with E-state index in [-0.39, 0.29) is 20.0 Å². The van der Waals surface area contributed by atoms with Crippen LogP contribution in [0.5, 0.6) is 11.5 Å². The van der Waals surface area contributed by atoms with E-state index in [1.807, 2.05) is 0 Å². The summed E-state index contributed by atoms with van der Waals surface area (Å²) in [5.41, 5.74) is 2.51. The highest BCUT2D eigenvalue weighted by atomic mass is 16.7. The zero-order chi connectivity index (χ0) is 25.4. The number of ether oxygens (including phenoxy) is 4. The molecule has 1 aliphatic carbocycles. The number of carbonyl (C=O) groups is 3. The maximum atomic E-state index is 14.2. The molecule has 0 amide bonds. The first-order valence-corrected chi connectivity index (χ1v) is 12.0. The van der Waals surface area contributed by atoms with Crippen LogP contribution in [0.15, 0.2) is 63.6 Å². The Morgan fingerprint density at radius 3 is 2.58 bits per heavy atom. The molecule has 9 heteroatoms. The number of rotatable bonds is 6. The number of hydrogen-bond donors (Lipinski definition) is 1. The molecule has 3 heterocycles. The molecule has 9 nitrogen and oxygen atoms in total. The average Bonchev–Trinajstić information content (AvgIpc) is 3.55. The number of furan rings is 1. The minimum atomic E-state index is -1.12. The quantitative estimate of drug-likeness (QED) is 0.475. The van der Waals surface area contributed by atoms with Crippen molar-refractivity contribution in [1.29, 1.82) is 0 Å². The molecule has 5 rings (SSSR count). The molecule has 0 fully saturated rings. The Labute approximate surface area is 208 Å². The number of benzene rings is 1. The fourth-order valence-electron chi connectivity index (χ4n) is 5.21. The van der Waals surface area contributed by atoms with Gasteiger partial charge in [-0.05, 0) is 57.0 Å². The molecule has 3 atom stereocenters. The predicted octanol–water partition coefficient (Wildman–Crippen LogP) is 3.72. The molecule has 0 unspecified atom stereocenters. The van der Waals surface area contributed by atoms with Crippen molar-refractivity contribution in [2.45, 2.75) is 39.0 Å². The summed E-state index contributed by atoms with van der Waals surface area (Å²) in [6, 6.07) is 8.78. The van der Waals surface area contributed by atoms with Crippen LogP contribution in [0.1, 0.15) is 50.4 Å². The van der Waals surface area contributed by atoms with Gasteiger partial charge in [-0.1, -0.05) is 6.07 Å². The van der Waals surface area contributed by atoms with Gasteiger partial charge >= 0.3 is 11.9 Å². The van der Waals surface area contributed by atoms with Crippen molar-refractivity contribution < 1.29 is 37.7 Å². The summed E-state index contributed by atoms with van der Waals surface area (Å²) in [6.45, 7) is 5.60. The van der Waals surface area contributed by atoms with E-state index in [1.165, 1.54) is 6.26 Å². The first kappa shape index (κ1) is 23.7. The monoisotopic (exact) mass is 493 g/mol. The Hall–Kier alpha value is -4.01. The van der Waals surface area contributed by atoms with Crippen LogP contribution in [0.4, 0.5) is 0 Å². The van der Waals surface area contributed by atoms with E-state index in [2.05, 4.69) is 5.32 Å². The number of esters is 2. The van der Waals surface area contributed by atoms with Crippen molar-refractivity contribution in [2.24, 2.45) is 5.92 Å². The molecule has 0 radical (unpaired) electrons. The van der Waals surface area contributed by atoms with Crippen LogP contribution in [0.25, 0.3) is 0 Å². The van der Waals surface area contributed by atoms with Gasteiger partial charge in [0.2, 0.25) is 6.79 Å². The van der Waals surface area contributed by atoms with Crippen LogP contribution in [-0.4, -0.2) is 37.7 Å². The van der Waals surface area contributed by atoms with Crippen molar-refractivity contribution >= 4 is 17.7 Å². The molecule has 2 aliphatic heterocycles. The normalized spacial score (nSPS) is 22.8. The number of ketones is 1. The SMILES string of the molecule is CCOC(=O)C1=C(C)NC2=C(C(=O)[C@H](C(=O)OCC)[C@H](c3ccco3)C2)[C@@H]1c1ccc2c(c1)OCO2. The Bertz CT molecular complexity index is 1270. The van der Waals surface area contributed by atoms with Crippen molar-refractivity contribution in [2.75, 3.05) is 20.0 Å². The van der Waals surface area contributed by atoms with Gasteiger partial charge in [0.25, 0.3) is 0 Å². The third-order valence-corrected chi connectivity index (χ3v) is 6.69. The second-order valence-corrected chi connectivity index (χ2v) is 8.74. The molecule has 3 aliphatic rings. The molecule has 0 saturated heterocycles. The number of dihydropyridines is 1. The molecule has 1 aromatic carbocycles. The molecule has 0 bridgehead atoms. The Morgan fingerprint density at radius 1 is 1.08 bits per heavy atom. The van der Waals surface area contributed by atoms with E-state index in [0.717, 1.165) is 0 Å². The number of carbonyl (C=O) groups excluding carboxylic acids is 3. The Balaban J connectivity index is 1.67. The smallest absolute Gasteiger partial charge is 0.336 e. The minimum absolute atomic E-state index is 0.0905. The third kappa shape index (κ3) is 3.94. The highest BCUT2D eigenvalue weighted by molar-refractivity contribution is 6.13. The first-order valence-electron chi connectivity index (χ1n) is 12.0. The van der Waals surface area contributed by atoms with E-state index >= 15 is 0 Å². The largest absolute Gasteiger partial charge is 0.469 e. The molecule has 1 aromatic heterocycles. The molecule has 0 saturated carbocycles. The standard InChI is InChI=1S/C27H27NO8/c1-4-32-26(30)21-14(3)28-17-12-16(18-7-6-10-34-18)23(27(31)33-5-2)25(29)24(17)22(21)15-8-9-19-20(11-15)36-13-35-19/h6-11,16,22-23,28H,4-5,12-13H2,1-3H3/t16-,22+,23+/m0/s1. The lowest BCUT2D eigenvalue weighted by molar-refractivity contribution is -0.152. The van der Waals surface area contributed by atoms with Gasteiger partial charge in [0.15, 0.2) is 17.3 Å². The second-order valence-electron chi connectivity index (χ2n) is 8.74. The lowest BCUT2D eigenvalue weighted by Crippen LogP contribution is -2.43. The van der Waals surface area contributed by atoms with Crippen LogP contribution in [0, 0.1) is 5.92 Å². The summed E-state index contributed by atoms with van der Waals surface area (Å²) in [4.78, 5) is 40.4. The molecule has 188 valence electrons. The molecule has 1 N–H and O–H groups in total. The number of hydrogen-bond acceptors (Lipinski definition) is 9. The molecule has 36 heavy (non-hydrogen) atoms. The van der Waals surface area contributed by atoms with Crippen molar-refractivity contribution in [3.63, 3.8) is 0 Å². The fourth-order valence-corrected chi connectivity index (χ4v) is 5.21. The zero-order valence-electron chi connectivity index (χ0n) is 20.3. The van der Waals surface area contributed by atoms with Gasteiger partial charge in [0, 0.05) is 28.8 Å². The lowest BCUT2D eigenvalue weighted by Gasteiger charge is -2.38. The summed E-state index contributed by atoms with van der Waals surface area (Å²) in [7, 11) is 0. The van der Waals surface area contributed by atoms with Gasteiger partial charge in [-0.15, -0.1) is 0 Å². The van der Waals surface area contributed by atoms with E-state index in [9.17, 15) is 14.4 Å². The molecular formula is C27H27NO8. The van der Waals surface area contributed by atoms with Gasteiger partial charge < -0.3 is 28.7 Å². The summed E-state index contributed by atoms with van der Waals surface area (Å²) in [6.07, 6.45) is 1.84. The van der Waals surface area contributed by atoms with Crippen molar-refractivity contribution in [3.8, 4) is 11.5 Å². The molecular weight excluding hydrogens is 466 g/mol. The van der Waals surface area contributed by atoms with Gasteiger partial charge in [0.05, 0.1) is 25.1 Å². The highest BCUT2D eigenvalue weighted by Crippen LogP contribution is 2.49. The third-order valence-electron chi connectivity index (χ3n) is 6.69. The van der Waals surface area contributed by atoms with E-state index in [0.29, 0.717) is 51.8 Å². The summed E-state index contributed by atoms with van der Waals surface area (Å²) >= 11 is 0. The highest BCUT2D eigenvalue weighted by Gasteiger charge is 2.50. The molecule has 0 spiro atoms. The van der Waals surface area contributed by atoms with Gasteiger partial charge in [-0.3, -0.25) is 9.59 Å². The van der Waals surface area contributed by atoms with Gasteiger partial charge in [0.1, 0.15) is 11.7 Å². The van der Waals surface area contributed by atoms with E-state index in [4.69, 9.17) is 23.4 Å². The predicted molar refractivity (Wildman–Crippen MR) is 126 cm³/mol. The van der Waals surface area contributed by atoms with Gasteiger partial charge in [-0.2, -0.15) is 0 Å². The lowest BCUT2D eigenvalue weighted by atomic mass is 9.68. The van der Waals surface area contributed by atoms with Crippen molar-refractivity contribution in [1.82, 2.24) is 5.32 Å². The maximum Gasteiger partial charge on any atom is 0.336 e. The van der Waals surface area contributed by atoms with Crippen LogP contribution in [0.3, 0.4) is 0 Å².